The molecule has 0 heterocycles. The molecular formula is C11H13N3O2. The zero-order chi connectivity index (χ0) is 12.1. The second kappa shape index (κ2) is 5.24. The lowest BCUT2D eigenvalue weighted by Crippen LogP contribution is -2.26. The second-order valence-corrected chi connectivity index (χ2v) is 3.64. The maximum atomic E-state index is 10.4. The van der Waals surface area contributed by atoms with Gasteiger partial charge in [-0.2, -0.15) is 5.26 Å². The molecule has 1 atom stereocenters. The van der Waals surface area contributed by atoms with Crippen LogP contribution in [0.4, 0.5) is 5.69 Å². The van der Waals surface area contributed by atoms with Crippen LogP contribution in [0.1, 0.15) is 12.5 Å². The zero-order valence-corrected chi connectivity index (χ0v) is 9.25. The average molecular weight is 219 g/mol. The molecule has 0 radical (unpaired) electrons. The monoisotopic (exact) mass is 219 g/mol. The highest BCUT2D eigenvalue weighted by atomic mass is 16.6. The summed E-state index contributed by atoms with van der Waals surface area (Å²) in [6, 6.07) is 8.32. The molecule has 0 amide bonds. The van der Waals surface area contributed by atoms with Gasteiger partial charge in [-0.25, -0.2) is 0 Å². The number of nitriles is 1. The SMILES string of the molecule is CC(C#N)N(C)Cc1ccc([N+](=O)[O-])cc1. The van der Waals surface area contributed by atoms with Crippen molar-refractivity contribution >= 4 is 5.69 Å². The highest BCUT2D eigenvalue weighted by Crippen LogP contribution is 2.13. The normalized spacial score (nSPS) is 12.1. The van der Waals surface area contributed by atoms with E-state index in [9.17, 15) is 10.1 Å². The van der Waals surface area contributed by atoms with Crippen LogP contribution in [-0.4, -0.2) is 22.9 Å². The van der Waals surface area contributed by atoms with Gasteiger partial charge in [-0.05, 0) is 19.5 Å². The zero-order valence-electron chi connectivity index (χ0n) is 9.25. The van der Waals surface area contributed by atoms with Crippen LogP contribution >= 0.6 is 0 Å². The largest absolute Gasteiger partial charge is 0.287 e. The molecular weight excluding hydrogens is 206 g/mol. The topological polar surface area (TPSA) is 70.2 Å². The first-order valence-corrected chi connectivity index (χ1v) is 4.87. The van der Waals surface area contributed by atoms with Crippen molar-refractivity contribution in [2.24, 2.45) is 0 Å². The molecule has 0 bridgehead atoms. The van der Waals surface area contributed by atoms with Crippen molar-refractivity contribution in [3.8, 4) is 6.07 Å². The summed E-state index contributed by atoms with van der Waals surface area (Å²) in [5.41, 5.74) is 1.04. The van der Waals surface area contributed by atoms with E-state index in [4.69, 9.17) is 5.26 Å². The van der Waals surface area contributed by atoms with Crippen molar-refractivity contribution < 1.29 is 4.92 Å². The Morgan fingerprint density at radius 3 is 2.50 bits per heavy atom. The van der Waals surface area contributed by atoms with E-state index < -0.39 is 4.92 Å². The van der Waals surface area contributed by atoms with Crippen LogP contribution in [0.15, 0.2) is 24.3 Å². The predicted molar refractivity (Wildman–Crippen MR) is 59.6 cm³/mol. The Balaban J connectivity index is 2.69. The van der Waals surface area contributed by atoms with E-state index in [1.165, 1.54) is 12.1 Å². The van der Waals surface area contributed by atoms with Crippen molar-refractivity contribution in [2.45, 2.75) is 19.5 Å². The van der Waals surface area contributed by atoms with Crippen LogP contribution < -0.4 is 0 Å². The summed E-state index contributed by atoms with van der Waals surface area (Å²) in [7, 11) is 1.84. The Morgan fingerprint density at radius 2 is 2.06 bits per heavy atom. The Kier molecular flexibility index (Phi) is 3.97. The smallest absolute Gasteiger partial charge is 0.269 e. The van der Waals surface area contributed by atoms with Crippen LogP contribution in [0.25, 0.3) is 0 Å². The molecule has 0 aliphatic carbocycles. The molecule has 1 unspecified atom stereocenters. The lowest BCUT2D eigenvalue weighted by molar-refractivity contribution is -0.384. The molecule has 0 aliphatic heterocycles. The molecule has 16 heavy (non-hydrogen) atoms. The maximum Gasteiger partial charge on any atom is 0.269 e. The minimum atomic E-state index is -0.425. The minimum absolute atomic E-state index is 0.0831. The molecule has 5 nitrogen and oxygen atoms in total. The summed E-state index contributed by atoms with van der Waals surface area (Å²) in [5.74, 6) is 0. The van der Waals surface area contributed by atoms with Gasteiger partial charge < -0.3 is 0 Å². The van der Waals surface area contributed by atoms with E-state index in [0.717, 1.165) is 5.56 Å². The third-order valence-electron chi connectivity index (χ3n) is 2.43. The minimum Gasteiger partial charge on any atom is -0.287 e. The van der Waals surface area contributed by atoms with E-state index in [1.54, 1.807) is 12.1 Å². The van der Waals surface area contributed by atoms with Gasteiger partial charge in [0.05, 0.1) is 17.0 Å². The van der Waals surface area contributed by atoms with Gasteiger partial charge in [0.15, 0.2) is 0 Å². The van der Waals surface area contributed by atoms with E-state index in [-0.39, 0.29) is 11.7 Å². The number of hydrogen-bond donors (Lipinski definition) is 0. The van der Waals surface area contributed by atoms with Crippen molar-refractivity contribution in [1.29, 1.82) is 5.26 Å². The first-order chi connectivity index (χ1) is 7.54. The van der Waals surface area contributed by atoms with Gasteiger partial charge in [-0.15, -0.1) is 0 Å². The summed E-state index contributed by atoms with van der Waals surface area (Å²) in [4.78, 5) is 11.9. The summed E-state index contributed by atoms with van der Waals surface area (Å²) in [5, 5.41) is 19.2. The first-order valence-electron chi connectivity index (χ1n) is 4.87. The number of nitro groups is 1. The molecule has 84 valence electrons. The van der Waals surface area contributed by atoms with Crippen LogP contribution in [-0.2, 0) is 6.54 Å². The Bertz CT molecular complexity index is 408. The molecule has 1 aromatic rings. The molecule has 0 aliphatic rings. The molecule has 0 fully saturated rings. The highest BCUT2D eigenvalue weighted by molar-refractivity contribution is 5.32. The molecule has 0 N–H and O–H groups in total. The summed E-state index contributed by atoms with van der Waals surface area (Å²) in [6.07, 6.45) is 0. The number of non-ortho nitro benzene ring substituents is 1. The van der Waals surface area contributed by atoms with Crippen molar-refractivity contribution in [3.63, 3.8) is 0 Å². The van der Waals surface area contributed by atoms with Gasteiger partial charge in [-0.1, -0.05) is 12.1 Å². The molecule has 0 saturated heterocycles. The summed E-state index contributed by atoms with van der Waals surface area (Å²) >= 11 is 0. The van der Waals surface area contributed by atoms with Crippen molar-refractivity contribution in [1.82, 2.24) is 4.90 Å². The number of hydrogen-bond acceptors (Lipinski definition) is 4. The highest BCUT2D eigenvalue weighted by Gasteiger charge is 2.09. The molecule has 5 heteroatoms. The van der Waals surface area contributed by atoms with E-state index >= 15 is 0 Å². The molecule has 0 aromatic heterocycles. The summed E-state index contributed by atoms with van der Waals surface area (Å²) < 4.78 is 0. The quantitative estimate of drug-likeness (QED) is 0.573. The van der Waals surface area contributed by atoms with Gasteiger partial charge in [0.1, 0.15) is 0 Å². The van der Waals surface area contributed by atoms with Crippen molar-refractivity contribution in [3.05, 3.63) is 39.9 Å². The number of rotatable bonds is 4. The third-order valence-corrected chi connectivity index (χ3v) is 2.43. The van der Waals surface area contributed by atoms with E-state index in [2.05, 4.69) is 6.07 Å². The Morgan fingerprint density at radius 1 is 1.50 bits per heavy atom. The molecule has 1 rings (SSSR count). The Hall–Kier alpha value is -1.93. The average Bonchev–Trinajstić information content (AvgIpc) is 2.28. The van der Waals surface area contributed by atoms with Crippen LogP contribution in [0.3, 0.4) is 0 Å². The van der Waals surface area contributed by atoms with Crippen molar-refractivity contribution in [2.75, 3.05) is 7.05 Å². The van der Waals surface area contributed by atoms with Gasteiger partial charge in [0, 0.05) is 18.7 Å². The lowest BCUT2D eigenvalue weighted by atomic mass is 10.2. The molecule has 1 aromatic carbocycles. The number of nitro benzene ring substituents is 1. The van der Waals surface area contributed by atoms with Gasteiger partial charge in [0.25, 0.3) is 5.69 Å². The lowest BCUT2D eigenvalue weighted by Gasteiger charge is -2.18. The molecule has 0 saturated carbocycles. The molecule has 0 spiro atoms. The van der Waals surface area contributed by atoms with Gasteiger partial charge in [0.2, 0.25) is 0 Å². The number of nitrogens with zero attached hydrogens (tertiary/aromatic N) is 3. The fraction of sp³-hybridized carbons (Fsp3) is 0.364. The fourth-order valence-electron chi connectivity index (χ4n) is 1.25. The van der Waals surface area contributed by atoms with E-state index in [0.29, 0.717) is 6.54 Å². The standard InChI is InChI=1S/C11H13N3O2/c1-9(7-12)13(2)8-10-3-5-11(6-4-10)14(15)16/h3-6,9H,8H2,1-2H3. The Labute approximate surface area is 94.1 Å². The second-order valence-electron chi connectivity index (χ2n) is 3.64. The maximum absolute atomic E-state index is 10.4. The van der Waals surface area contributed by atoms with Crippen LogP contribution in [0.2, 0.25) is 0 Å². The van der Waals surface area contributed by atoms with Gasteiger partial charge >= 0.3 is 0 Å². The first kappa shape index (κ1) is 12.1. The van der Waals surface area contributed by atoms with E-state index in [1.807, 2.05) is 18.9 Å². The van der Waals surface area contributed by atoms with Crippen LogP contribution in [0.5, 0.6) is 0 Å². The fourth-order valence-corrected chi connectivity index (χ4v) is 1.25. The third kappa shape index (κ3) is 3.04. The van der Waals surface area contributed by atoms with Gasteiger partial charge in [-0.3, -0.25) is 15.0 Å². The van der Waals surface area contributed by atoms with Crippen LogP contribution in [0, 0.1) is 21.4 Å². The predicted octanol–water partition coefficient (Wildman–Crippen LogP) is 1.94. The number of benzene rings is 1. The summed E-state index contributed by atoms with van der Waals surface area (Å²) in [6.45, 7) is 2.41.